The Hall–Kier alpha value is -1.26. The molecule has 0 aromatic heterocycles. The van der Waals surface area contributed by atoms with Crippen LogP contribution in [0.4, 0.5) is 0 Å². The van der Waals surface area contributed by atoms with E-state index in [9.17, 15) is 5.11 Å². The Kier molecular flexibility index (Phi) is 4.84. The Labute approximate surface area is 108 Å². The Balaban J connectivity index is 2.01. The molecule has 1 aliphatic heterocycles. The first kappa shape index (κ1) is 13.2. The summed E-state index contributed by atoms with van der Waals surface area (Å²) in [5.41, 5.74) is 1.16. The molecule has 0 radical (unpaired) electrons. The number of benzene rings is 1. The third-order valence-electron chi connectivity index (χ3n) is 3.05. The monoisotopic (exact) mass is 251 g/mol. The maximum atomic E-state index is 9.66. The molecule has 4 heteroatoms. The second-order valence-electron chi connectivity index (χ2n) is 4.48. The van der Waals surface area contributed by atoms with Crippen molar-refractivity contribution < 1.29 is 14.6 Å². The molecule has 1 aliphatic rings. The lowest BCUT2D eigenvalue weighted by Crippen LogP contribution is -2.25. The van der Waals surface area contributed by atoms with Gasteiger partial charge in [-0.2, -0.15) is 0 Å². The maximum Gasteiger partial charge on any atom is 0.161 e. The van der Waals surface area contributed by atoms with Crippen molar-refractivity contribution in [2.75, 3.05) is 32.9 Å². The molecule has 0 unspecified atom stereocenters. The highest BCUT2D eigenvalue weighted by molar-refractivity contribution is 5.41. The lowest BCUT2D eigenvalue weighted by Gasteiger charge is -2.19. The van der Waals surface area contributed by atoms with Gasteiger partial charge in [0.2, 0.25) is 0 Å². The van der Waals surface area contributed by atoms with Gasteiger partial charge in [0.1, 0.15) is 0 Å². The van der Waals surface area contributed by atoms with E-state index in [1.165, 1.54) is 0 Å². The van der Waals surface area contributed by atoms with Crippen LogP contribution in [-0.4, -0.2) is 42.9 Å². The summed E-state index contributed by atoms with van der Waals surface area (Å²) in [6.45, 7) is 7.04. The fourth-order valence-electron chi connectivity index (χ4n) is 2.14. The zero-order chi connectivity index (χ0) is 12.8. The molecule has 1 heterocycles. The van der Waals surface area contributed by atoms with Crippen molar-refractivity contribution in [3.05, 3.63) is 23.8 Å². The van der Waals surface area contributed by atoms with Crippen molar-refractivity contribution in [1.82, 2.24) is 4.90 Å². The van der Waals surface area contributed by atoms with Crippen molar-refractivity contribution in [3.8, 4) is 11.5 Å². The quantitative estimate of drug-likeness (QED) is 0.889. The zero-order valence-electron chi connectivity index (χ0n) is 10.9. The molecule has 0 bridgehead atoms. The first-order valence-electron chi connectivity index (χ1n) is 6.54. The van der Waals surface area contributed by atoms with Crippen LogP contribution in [0.15, 0.2) is 18.2 Å². The summed E-state index contributed by atoms with van der Waals surface area (Å²) in [6.07, 6.45) is 1.08. The summed E-state index contributed by atoms with van der Waals surface area (Å²) in [7, 11) is 0. The molecule has 0 amide bonds. The molecule has 0 saturated carbocycles. The van der Waals surface area contributed by atoms with Gasteiger partial charge in [-0.3, -0.25) is 4.90 Å². The summed E-state index contributed by atoms with van der Waals surface area (Å²) in [4.78, 5) is 2.37. The molecule has 4 nitrogen and oxygen atoms in total. The SMILES string of the molecule is CCOc1cc(CN2CCCOCC2)ccc1O. The molecule has 0 atom stereocenters. The van der Waals surface area contributed by atoms with Crippen LogP contribution in [0.3, 0.4) is 0 Å². The highest BCUT2D eigenvalue weighted by Gasteiger charge is 2.11. The normalized spacial score (nSPS) is 17.4. The van der Waals surface area contributed by atoms with Crippen molar-refractivity contribution >= 4 is 0 Å². The predicted octanol–water partition coefficient (Wildman–Crippen LogP) is 2.01. The maximum absolute atomic E-state index is 9.66. The van der Waals surface area contributed by atoms with Crippen LogP contribution in [0.25, 0.3) is 0 Å². The number of phenols is 1. The molecule has 0 aliphatic carbocycles. The van der Waals surface area contributed by atoms with Crippen LogP contribution < -0.4 is 4.74 Å². The third-order valence-corrected chi connectivity index (χ3v) is 3.05. The standard InChI is InChI=1S/C14H21NO3/c1-2-18-14-10-12(4-5-13(14)16)11-15-6-3-8-17-9-7-15/h4-5,10,16H,2-3,6-9,11H2,1H3. The summed E-state index contributed by atoms with van der Waals surface area (Å²) in [6, 6.07) is 5.57. The lowest BCUT2D eigenvalue weighted by atomic mass is 10.2. The molecule has 1 saturated heterocycles. The molecular weight excluding hydrogens is 230 g/mol. The van der Waals surface area contributed by atoms with E-state index in [-0.39, 0.29) is 5.75 Å². The van der Waals surface area contributed by atoms with Crippen LogP contribution in [-0.2, 0) is 11.3 Å². The van der Waals surface area contributed by atoms with E-state index < -0.39 is 0 Å². The van der Waals surface area contributed by atoms with Gasteiger partial charge in [-0.15, -0.1) is 0 Å². The van der Waals surface area contributed by atoms with Crippen molar-refractivity contribution in [2.24, 2.45) is 0 Å². The Bertz CT molecular complexity index is 373. The summed E-state index contributed by atoms with van der Waals surface area (Å²) >= 11 is 0. The highest BCUT2D eigenvalue weighted by atomic mass is 16.5. The molecule has 1 aromatic rings. The highest BCUT2D eigenvalue weighted by Crippen LogP contribution is 2.27. The minimum Gasteiger partial charge on any atom is -0.504 e. The zero-order valence-corrected chi connectivity index (χ0v) is 10.9. The van der Waals surface area contributed by atoms with Gasteiger partial charge in [0.15, 0.2) is 11.5 Å². The van der Waals surface area contributed by atoms with Gasteiger partial charge in [0, 0.05) is 26.2 Å². The largest absolute Gasteiger partial charge is 0.504 e. The van der Waals surface area contributed by atoms with E-state index in [2.05, 4.69) is 4.90 Å². The molecule has 0 spiro atoms. The first-order valence-corrected chi connectivity index (χ1v) is 6.54. The number of nitrogens with zero attached hydrogens (tertiary/aromatic N) is 1. The number of hydrogen-bond donors (Lipinski definition) is 1. The number of aromatic hydroxyl groups is 1. The van der Waals surface area contributed by atoms with Crippen LogP contribution in [0, 0.1) is 0 Å². The molecule has 18 heavy (non-hydrogen) atoms. The number of phenolic OH excluding ortho intramolecular Hbond substituents is 1. The predicted molar refractivity (Wildman–Crippen MR) is 70.0 cm³/mol. The minimum absolute atomic E-state index is 0.208. The van der Waals surface area contributed by atoms with Gasteiger partial charge in [0.05, 0.1) is 13.2 Å². The summed E-state index contributed by atoms with van der Waals surface area (Å²) in [5, 5.41) is 9.66. The second-order valence-corrected chi connectivity index (χ2v) is 4.48. The molecule has 100 valence electrons. The smallest absolute Gasteiger partial charge is 0.161 e. The van der Waals surface area contributed by atoms with E-state index in [0.29, 0.717) is 12.4 Å². The fraction of sp³-hybridized carbons (Fsp3) is 0.571. The Morgan fingerprint density at radius 2 is 2.22 bits per heavy atom. The van der Waals surface area contributed by atoms with Crippen molar-refractivity contribution in [3.63, 3.8) is 0 Å². The van der Waals surface area contributed by atoms with E-state index in [4.69, 9.17) is 9.47 Å². The Morgan fingerprint density at radius 1 is 1.33 bits per heavy atom. The Morgan fingerprint density at radius 3 is 3.06 bits per heavy atom. The number of hydrogen-bond acceptors (Lipinski definition) is 4. The van der Waals surface area contributed by atoms with Gasteiger partial charge in [-0.05, 0) is 31.0 Å². The van der Waals surface area contributed by atoms with Crippen LogP contribution in [0.5, 0.6) is 11.5 Å². The van der Waals surface area contributed by atoms with Crippen LogP contribution >= 0.6 is 0 Å². The minimum atomic E-state index is 0.208. The molecule has 1 aromatic carbocycles. The average Bonchev–Trinajstić information content (AvgIpc) is 2.62. The van der Waals surface area contributed by atoms with E-state index >= 15 is 0 Å². The van der Waals surface area contributed by atoms with E-state index in [1.807, 2.05) is 19.1 Å². The van der Waals surface area contributed by atoms with Crippen LogP contribution in [0.1, 0.15) is 18.9 Å². The second kappa shape index (κ2) is 6.61. The van der Waals surface area contributed by atoms with Gasteiger partial charge in [0.25, 0.3) is 0 Å². The van der Waals surface area contributed by atoms with Crippen LogP contribution in [0.2, 0.25) is 0 Å². The van der Waals surface area contributed by atoms with E-state index in [0.717, 1.165) is 44.8 Å². The van der Waals surface area contributed by atoms with Gasteiger partial charge in [-0.1, -0.05) is 6.07 Å². The summed E-state index contributed by atoms with van der Waals surface area (Å²) < 4.78 is 10.8. The van der Waals surface area contributed by atoms with Crippen molar-refractivity contribution in [1.29, 1.82) is 0 Å². The number of ether oxygens (including phenoxy) is 2. The van der Waals surface area contributed by atoms with Gasteiger partial charge >= 0.3 is 0 Å². The first-order chi connectivity index (χ1) is 8.79. The molecule has 1 fully saturated rings. The third kappa shape index (κ3) is 3.62. The fourth-order valence-corrected chi connectivity index (χ4v) is 2.14. The molecule has 1 N–H and O–H groups in total. The lowest BCUT2D eigenvalue weighted by molar-refractivity contribution is 0.140. The number of rotatable bonds is 4. The summed E-state index contributed by atoms with van der Waals surface area (Å²) in [5.74, 6) is 0.779. The van der Waals surface area contributed by atoms with E-state index in [1.54, 1.807) is 6.07 Å². The van der Waals surface area contributed by atoms with Gasteiger partial charge in [-0.25, -0.2) is 0 Å². The van der Waals surface area contributed by atoms with Gasteiger partial charge < -0.3 is 14.6 Å². The topological polar surface area (TPSA) is 41.9 Å². The average molecular weight is 251 g/mol. The van der Waals surface area contributed by atoms with Crippen molar-refractivity contribution in [2.45, 2.75) is 19.9 Å². The molecule has 2 rings (SSSR count). The molecular formula is C14H21NO3.